The van der Waals surface area contributed by atoms with Gasteiger partial charge in [0.05, 0.1) is 17.7 Å². The summed E-state index contributed by atoms with van der Waals surface area (Å²) >= 11 is 0. The Morgan fingerprint density at radius 2 is 1.63 bits per heavy atom. The number of aryl methyl sites for hydroxylation is 1. The maximum atomic E-state index is 13.5. The lowest BCUT2D eigenvalue weighted by Gasteiger charge is -2.17. The molecule has 0 aliphatic rings. The Morgan fingerprint density at radius 3 is 2.30 bits per heavy atom. The van der Waals surface area contributed by atoms with E-state index in [0.29, 0.717) is 5.82 Å². The minimum atomic E-state index is -0.304. The molecule has 0 aliphatic carbocycles. The van der Waals surface area contributed by atoms with Gasteiger partial charge in [0.1, 0.15) is 5.82 Å². The van der Waals surface area contributed by atoms with Crippen molar-refractivity contribution in [2.45, 2.75) is 6.42 Å². The molecule has 150 valence electrons. The Balaban J connectivity index is 1.80. The standard InChI is InChI=1S/C24H21FN4O/c1-28(21(30)16-17-6-4-3-5-7-17)24-22(18-12-14-26-15-13-18)23(29(2)27-24)19-8-10-20(25)11-9-19/h3-15H,16H2,1-2H3. The molecule has 6 heteroatoms. The van der Waals surface area contributed by atoms with Crippen LogP contribution in [0.4, 0.5) is 10.2 Å². The normalized spacial score (nSPS) is 10.8. The molecule has 0 spiro atoms. The van der Waals surface area contributed by atoms with Crippen LogP contribution < -0.4 is 4.90 Å². The molecule has 1 amide bonds. The summed E-state index contributed by atoms with van der Waals surface area (Å²) in [5.74, 6) is 0.172. The van der Waals surface area contributed by atoms with Crippen molar-refractivity contribution in [3.05, 3.63) is 90.5 Å². The van der Waals surface area contributed by atoms with E-state index in [1.54, 1.807) is 41.2 Å². The van der Waals surface area contributed by atoms with Crippen LogP contribution in [0.25, 0.3) is 22.4 Å². The molecule has 5 nitrogen and oxygen atoms in total. The number of pyridine rings is 1. The van der Waals surface area contributed by atoms with E-state index in [-0.39, 0.29) is 18.1 Å². The zero-order valence-corrected chi connectivity index (χ0v) is 16.8. The van der Waals surface area contributed by atoms with E-state index in [1.165, 1.54) is 12.1 Å². The zero-order valence-electron chi connectivity index (χ0n) is 16.8. The molecular weight excluding hydrogens is 379 g/mol. The minimum absolute atomic E-state index is 0.0692. The third-order valence-corrected chi connectivity index (χ3v) is 5.01. The summed E-state index contributed by atoms with van der Waals surface area (Å²) in [5.41, 5.74) is 4.24. The molecule has 2 aromatic heterocycles. The van der Waals surface area contributed by atoms with E-state index in [4.69, 9.17) is 0 Å². The number of rotatable bonds is 5. The number of halogens is 1. The predicted molar refractivity (Wildman–Crippen MR) is 115 cm³/mol. The summed E-state index contributed by atoms with van der Waals surface area (Å²) in [5, 5.41) is 4.66. The van der Waals surface area contributed by atoms with Crippen molar-refractivity contribution < 1.29 is 9.18 Å². The third-order valence-electron chi connectivity index (χ3n) is 5.01. The molecule has 2 aromatic carbocycles. The van der Waals surface area contributed by atoms with Gasteiger partial charge < -0.3 is 0 Å². The van der Waals surface area contributed by atoms with Gasteiger partial charge in [-0.3, -0.25) is 19.4 Å². The number of likely N-dealkylation sites (N-methyl/N-ethyl adjacent to an activating group) is 1. The monoisotopic (exact) mass is 400 g/mol. The van der Waals surface area contributed by atoms with Crippen molar-refractivity contribution in [1.82, 2.24) is 14.8 Å². The first kappa shape index (κ1) is 19.5. The number of benzene rings is 2. The number of amides is 1. The Morgan fingerprint density at radius 1 is 0.967 bits per heavy atom. The average Bonchev–Trinajstić information content (AvgIpc) is 3.12. The van der Waals surface area contributed by atoms with Crippen LogP contribution in [0.1, 0.15) is 5.56 Å². The molecule has 2 heterocycles. The highest BCUT2D eigenvalue weighted by Crippen LogP contribution is 2.39. The van der Waals surface area contributed by atoms with Crippen LogP contribution in [-0.2, 0) is 18.3 Å². The zero-order chi connectivity index (χ0) is 21.1. The average molecular weight is 400 g/mol. The highest BCUT2D eigenvalue weighted by Gasteiger charge is 2.25. The summed E-state index contributed by atoms with van der Waals surface area (Å²) in [6, 6.07) is 19.6. The fraction of sp³-hybridized carbons (Fsp3) is 0.125. The molecule has 0 N–H and O–H groups in total. The summed E-state index contributed by atoms with van der Waals surface area (Å²) in [7, 11) is 3.55. The maximum absolute atomic E-state index is 13.5. The van der Waals surface area contributed by atoms with Gasteiger partial charge in [0.15, 0.2) is 5.82 Å². The van der Waals surface area contributed by atoms with E-state index in [9.17, 15) is 9.18 Å². The number of carbonyl (C=O) groups is 1. The van der Waals surface area contributed by atoms with Crippen LogP contribution in [-0.4, -0.2) is 27.7 Å². The Labute approximate surface area is 174 Å². The van der Waals surface area contributed by atoms with E-state index >= 15 is 0 Å². The van der Waals surface area contributed by atoms with Gasteiger partial charge in [-0.15, -0.1) is 0 Å². The SMILES string of the molecule is CN(C(=O)Cc1ccccc1)c1nn(C)c(-c2ccc(F)cc2)c1-c1ccncc1. The van der Waals surface area contributed by atoms with E-state index in [0.717, 1.165) is 27.9 Å². The van der Waals surface area contributed by atoms with Gasteiger partial charge in [-0.05, 0) is 47.5 Å². The van der Waals surface area contributed by atoms with Crippen LogP contribution >= 0.6 is 0 Å². The van der Waals surface area contributed by atoms with Crippen molar-refractivity contribution >= 4 is 11.7 Å². The van der Waals surface area contributed by atoms with Crippen molar-refractivity contribution in [3.63, 3.8) is 0 Å². The minimum Gasteiger partial charge on any atom is -0.298 e. The Bertz CT molecular complexity index is 1160. The van der Waals surface area contributed by atoms with Crippen molar-refractivity contribution in [3.8, 4) is 22.4 Å². The molecule has 30 heavy (non-hydrogen) atoms. The second-order valence-corrected chi connectivity index (χ2v) is 7.03. The largest absolute Gasteiger partial charge is 0.298 e. The molecule has 4 aromatic rings. The number of anilines is 1. The van der Waals surface area contributed by atoms with Crippen LogP contribution in [0, 0.1) is 5.82 Å². The van der Waals surface area contributed by atoms with Gasteiger partial charge in [0, 0.05) is 32.1 Å². The number of carbonyl (C=O) groups excluding carboxylic acids is 1. The number of hydrogen-bond donors (Lipinski definition) is 0. The van der Waals surface area contributed by atoms with Gasteiger partial charge in [-0.1, -0.05) is 30.3 Å². The quantitative estimate of drug-likeness (QED) is 0.496. The highest BCUT2D eigenvalue weighted by molar-refractivity contribution is 6.00. The summed E-state index contributed by atoms with van der Waals surface area (Å²) in [6.07, 6.45) is 3.67. The van der Waals surface area contributed by atoms with Gasteiger partial charge in [-0.2, -0.15) is 5.10 Å². The Hall–Kier alpha value is -3.80. The summed E-state index contributed by atoms with van der Waals surface area (Å²) < 4.78 is 15.2. The first-order chi connectivity index (χ1) is 14.5. The Kier molecular flexibility index (Phi) is 5.39. The van der Waals surface area contributed by atoms with E-state index < -0.39 is 0 Å². The predicted octanol–water partition coefficient (Wildman–Crippen LogP) is 4.49. The second-order valence-electron chi connectivity index (χ2n) is 7.03. The van der Waals surface area contributed by atoms with Crippen molar-refractivity contribution in [2.75, 3.05) is 11.9 Å². The topological polar surface area (TPSA) is 51.0 Å². The van der Waals surface area contributed by atoms with Crippen molar-refractivity contribution in [2.24, 2.45) is 7.05 Å². The highest BCUT2D eigenvalue weighted by atomic mass is 19.1. The lowest BCUT2D eigenvalue weighted by Crippen LogP contribution is -2.28. The van der Waals surface area contributed by atoms with Gasteiger partial charge in [0.2, 0.25) is 5.91 Å². The first-order valence-electron chi connectivity index (χ1n) is 9.58. The van der Waals surface area contributed by atoms with Crippen LogP contribution in [0.5, 0.6) is 0 Å². The smallest absolute Gasteiger partial charge is 0.232 e. The number of aromatic nitrogens is 3. The van der Waals surface area contributed by atoms with Crippen LogP contribution in [0.15, 0.2) is 79.1 Å². The fourth-order valence-electron chi connectivity index (χ4n) is 3.48. The molecule has 0 saturated carbocycles. The van der Waals surface area contributed by atoms with Crippen LogP contribution in [0.2, 0.25) is 0 Å². The van der Waals surface area contributed by atoms with E-state index in [2.05, 4.69) is 10.1 Å². The summed E-state index contributed by atoms with van der Waals surface area (Å²) in [6.45, 7) is 0. The maximum Gasteiger partial charge on any atom is 0.232 e. The van der Waals surface area contributed by atoms with Gasteiger partial charge >= 0.3 is 0 Å². The van der Waals surface area contributed by atoms with Gasteiger partial charge in [0.25, 0.3) is 0 Å². The summed E-state index contributed by atoms with van der Waals surface area (Å²) in [4.78, 5) is 18.7. The molecule has 0 saturated heterocycles. The van der Waals surface area contributed by atoms with Gasteiger partial charge in [-0.25, -0.2) is 4.39 Å². The molecule has 0 fully saturated rings. The first-order valence-corrected chi connectivity index (χ1v) is 9.58. The molecule has 4 rings (SSSR count). The van der Waals surface area contributed by atoms with Crippen molar-refractivity contribution in [1.29, 1.82) is 0 Å². The van der Waals surface area contributed by atoms with E-state index in [1.807, 2.05) is 49.5 Å². The molecule has 0 bridgehead atoms. The fourth-order valence-corrected chi connectivity index (χ4v) is 3.48. The number of nitrogens with zero attached hydrogens (tertiary/aromatic N) is 4. The second kappa shape index (κ2) is 8.29. The molecular formula is C24H21FN4O. The molecule has 0 aliphatic heterocycles. The lowest BCUT2D eigenvalue weighted by atomic mass is 10.0. The number of hydrogen-bond acceptors (Lipinski definition) is 3. The van der Waals surface area contributed by atoms with Crippen LogP contribution in [0.3, 0.4) is 0 Å². The molecule has 0 unspecified atom stereocenters. The third kappa shape index (κ3) is 3.85. The lowest BCUT2D eigenvalue weighted by molar-refractivity contribution is -0.117. The molecule has 0 radical (unpaired) electrons. The molecule has 0 atom stereocenters.